The van der Waals surface area contributed by atoms with E-state index in [2.05, 4.69) is 15.3 Å². The lowest BCUT2D eigenvalue weighted by Gasteiger charge is -2.30. The van der Waals surface area contributed by atoms with Gasteiger partial charge in [0.1, 0.15) is 12.4 Å². The van der Waals surface area contributed by atoms with E-state index in [1.165, 1.54) is 4.90 Å². The van der Waals surface area contributed by atoms with Gasteiger partial charge in [0.05, 0.1) is 11.4 Å². The normalized spacial score (nSPS) is 16.0. The van der Waals surface area contributed by atoms with Gasteiger partial charge >= 0.3 is 6.09 Å². The maximum Gasteiger partial charge on any atom is 0.407 e. The monoisotopic (exact) mass is 418 g/mol. The fourth-order valence-corrected chi connectivity index (χ4v) is 3.86. The van der Waals surface area contributed by atoms with Crippen LogP contribution in [-0.4, -0.2) is 46.2 Å². The molecular weight excluding hydrogens is 392 g/mol. The number of amides is 1. The summed E-state index contributed by atoms with van der Waals surface area (Å²) >= 11 is 0. The Bertz CT molecular complexity index is 1040. The number of rotatable bonds is 6. The number of carbonyl (C=O) groups is 1. The Balaban J connectivity index is 1.64. The van der Waals surface area contributed by atoms with E-state index in [0.717, 1.165) is 41.1 Å². The average Bonchev–Trinajstić information content (AvgIpc) is 2.83. The molecule has 2 aromatic carbocycles. The number of carboxylic acid groups (broad SMARTS) is 1. The van der Waals surface area contributed by atoms with Gasteiger partial charge in [0, 0.05) is 31.6 Å². The van der Waals surface area contributed by atoms with Crippen molar-refractivity contribution in [3.8, 4) is 17.0 Å². The van der Waals surface area contributed by atoms with E-state index in [1.807, 2.05) is 60.7 Å². The van der Waals surface area contributed by atoms with Crippen LogP contribution in [0.2, 0.25) is 0 Å². The molecule has 1 aliphatic heterocycles. The van der Waals surface area contributed by atoms with Crippen molar-refractivity contribution >= 4 is 12.0 Å². The van der Waals surface area contributed by atoms with Crippen LogP contribution in [0.15, 0.2) is 60.7 Å². The molecule has 0 bridgehead atoms. The number of nitrogens with one attached hydrogen (secondary N) is 1. The predicted molar refractivity (Wildman–Crippen MR) is 119 cm³/mol. The Hall–Kier alpha value is -3.61. The predicted octanol–water partition coefficient (Wildman–Crippen LogP) is 4.62. The van der Waals surface area contributed by atoms with Crippen molar-refractivity contribution in [2.24, 2.45) is 0 Å². The SMILES string of the molecule is CNc1nc(-c2ccccc2OCc2ccccc2)cc(C2CCCN(C(=O)O)C2)n1. The third-order valence-corrected chi connectivity index (χ3v) is 5.48. The average molecular weight is 418 g/mol. The highest BCUT2D eigenvalue weighted by atomic mass is 16.5. The van der Waals surface area contributed by atoms with Gasteiger partial charge in [-0.2, -0.15) is 0 Å². The van der Waals surface area contributed by atoms with E-state index in [9.17, 15) is 9.90 Å². The molecule has 4 rings (SSSR count). The standard InChI is InChI=1S/C24H26N4O3/c1-25-23-26-20(18-10-7-13-28(15-18)24(29)30)14-21(27-23)19-11-5-6-12-22(19)31-16-17-8-3-2-4-9-17/h2-6,8-9,11-12,14,18H,7,10,13,15-16H2,1H3,(H,29,30)(H,25,26,27). The number of piperidine rings is 1. The van der Waals surface area contributed by atoms with Crippen LogP contribution < -0.4 is 10.1 Å². The molecule has 0 aliphatic carbocycles. The van der Waals surface area contributed by atoms with E-state index in [1.54, 1.807) is 7.05 Å². The van der Waals surface area contributed by atoms with Crippen LogP contribution >= 0.6 is 0 Å². The van der Waals surface area contributed by atoms with E-state index in [-0.39, 0.29) is 5.92 Å². The third kappa shape index (κ3) is 4.94. The Kier molecular flexibility index (Phi) is 6.31. The summed E-state index contributed by atoms with van der Waals surface area (Å²) in [5, 5.41) is 12.4. The van der Waals surface area contributed by atoms with Gasteiger partial charge in [-0.3, -0.25) is 0 Å². The molecule has 0 radical (unpaired) electrons. The van der Waals surface area contributed by atoms with Crippen molar-refractivity contribution in [3.63, 3.8) is 0 Å². The summed E-state index contributed by atoms with van der Waals surface area (Å²) in [7, 11) is 1.78. The maximum atomic E-state index is 11.4. The van der Waals surface area contributed by atoms with Crippen molar-refractivity contribution in [3.05, 3.63) is 71.9 Å². The summed E-state index contributed by atoms with van der Waals surface area (Å²) in [5.41, 5.74) is 3.57. The topological polar surface area (TPSA) is 87.6 Å². The van der Waals surface area contributed by atoms with Crippen molar-refractivity contribution in [1.82, 2.24) is 14.9 Å². The fourth-order valence-electron chi connectivity index (χ4n) is 3.86. The summed E-state index contributed by atoms with van der Waals surface area (Å²) in [6, 6.07) is 19.8. The number of likely N-dealkylation sites (tertiary alicyclic amines) is 1. The molecule has 2 heterocycles. The lowest BCUT2D eigenvalue weighted by molar-refractivity contribution is 0.130. The number of nitrogens with zero attached hydrogens (tertiary/aromatic N) is 3. The molecule has 31 heavy (non-hydrogen) atoms. The molecule has 7 nitrogen and oxygen atoms in total. The van der Waals surface area contributed by atoms with Crippen molar-refractivity contribution in [2.75, 3.05) is 25.5 Å². The molecule has 1 unspecified atom stereocenters. The van der Waals surface area contributed by atoms with Crippen molar-refractivity contribution in [1.29, 1.82) is 0 Å². The largest absolute Gasteiger partial charge is 0.488 e. The Morgan fingerprint density at radius 1 is 1.16 bits per heavy atom. The van der Waals surface area contributed by atoms with Crippen LogP contribution in [0, 0.1) is 0 Å². The first-order valence-corrected chi connectivity index (χ1v) is 10.4. The van der Waals surface area contributed by atoms with Gasteiger partial charge in [0.15, 0.2) is 0 Å². The zero-order valence-electron chi connectivity index (χ0n) is 17.5. The first-order valence-electron chi connectivity index (χ1n) is 10.4. The number of hydrogen-bond acceptors (Lipinski definition) is 5. The number of ether oxygens (including phenoxy) is 1. The van der Waals surface area contributed by atoms with Gasteiger partial charge < -0.3 is 20.1 Å². The van der Waals surface area contributed by atoms with E-state index in [0.29, 0.717) is 25.6 Å². The highest BCUT2D eigenvalue weighted by Crippen LogP contribution is 2.33. The van der Waals surface area contributed by atoms with Gasteiger partial charge in [-0.25, -0.2) is 14.8 Å². The second-order valence-electron chi connectivity index (χ2n) is 7.59. The Morgan fingerprint density at radius 3 is 2.71 bits per heavy atom. The zero-order valence-corrected chi connectivity index (χ0v) is 17.5. The lowest BCUT2D eigenvalue weighted by atomic mass is 9.93. The highest BCUT2D eigenvalue weighted by molar-refractivity contribution is 5.68. The number of para-hydroxylation sites is 1. The van der Waals surface area contributed by atoms with E-state index in [4.69, 9.17) is 4.74 Å². The summed E-state index contributed by atoms with van der Waals surface area (Å²) in [6.07, 6.45) is 0.838. The van der Waals surface area contributed by atoms with Crippen LogP contribution in [0.3, 0.4) is 0 Å². The smallest absolute Gasteiger partial charge is 0.407 e. The second kappa shape index (κ2) is 9.47. The number of hydrogen-bond donors (Lipinski definition) is 2. The molecule has 0 saturated carbocycles. The van der Waals surface area contributed by atoms with Crippen LogP contribution in [0.1, 0.15) is 30.0 Å². The van der Waals surface area contributed by atoms with Gasteiger partial charge in [-0.1, -0.05) is 42.5 Å². The molecule has 1 saturated heterocycles. The first-order chi connectivity index (χ1) is 15.1. The van der Waals surface area contributed by atoms with Gasteiger partial charge in [-0.05, 0) is 36.6 Å². The molecule has 1 atom stereocenters. The molecule has 1 amide bonds. The summed E-state index contributed by atoms with van der Waals surface area (Å²) in [6.45, 7) is 1.48. The van der Waals surface area contributed by atoms with Crippen LogP contribution in [0.25, 0.3) is 11.3 Å². The minimum Gasteiger partial charge on any atom is -0.488 e. The molecule has 7 heteroatoms. The minimum absolute atomic E-state index is 0.0381. The fraction of sp³-hybridized carbons (Fsp3) is 0.292. The maximum absolute atomic E-state index is 11.4. The summed E-state index contributed by atoms with van der Waals surface area (Å²) in [4.78, 5) is 22.2. The van der Waals surface area contributed by atoms with E-state index >= 15 is 0 Å². The quantitative estimate of drug-likeness (QED) is 0.607. The summed E-state index contributed by atoms with van der Waals surface area (Å²) in [5.74, 6) is 1.29. The lowest BCUT2D eigenvalue weighted by Crippen LogP contribution is -2.38. The number of aromatic nitrogens is 2. The van der Waals surface area contributed by atoms with Gasteiger partial charge in [-0.15, -0.1) is 0 Å². The van der Waals surface area contributed by atoms with Crippen molar-refractivity contribution < 1.29 is 14.6 Å². The highest BCUT2D eigenvalue weighted by Gasteiger charge is 2.26. The van der Waals surface area contributed by atoms with E-state index < -0.39 is 6.09 Å². The molecule has 2 N–H and O–H groups in total. The van der Waals surface area contributed by atoms with Crippen LogP contribution in [-0.2, 0) is 6.61 Å². The third-order valence-electron chi connectivity index (χ3n) is 5.48. The Morgan fingerprint density at radius 2 is 1.94 bits per heavy atom. The minimum atomic E-state index is -0.882. The first kappa shape index (κ1) is 20.7. The molecule has 3 aromatic rings. The molecule has 0 spiro atoms. The number of benzene rings is 2. The molecule has 1 aromatic heterocycles. The van der Waals surface area contributed by atoms with Crippen LogP contribution in [0.4, 0.5) is 10.7 Å². The number of anilines is 1. The Labute approximate surface area is 181 Å². The van der Waals surface area contributed by atoms with Crippen LogP contribution in [0.5, 0.6) is 5.75 Å². The van der Waals surface area contributed by atoms with Gasteiger partial charge in [0.2, 0.25) is 5.95 Å². The molecular formula is C24H26N4O3. The molecule has 1 aliphatic rings. The van der Waals surface area contributed by atoms with Gasteiger partial charge in [0.25, 0.3) is 0 Å². The summed E-state index contributed by atoms with van der Waals surface area (Å²) < 4.78 is 6.12. The zero-order chi connectivity index (χ0) is 21.6. The molecule has 1 fully saturated rings. The second-order valence-corrected chi connectivity index (χ2v) is 7.59. The molecule has 160 valence electrons. The van der Waals surface area contributed by atoms with Crippen molar-refractivity contribution in [2.45, 2.75) is 25.4 Å².